The fourth-order valence-electron chi connectivity index (χ4n) is 5.77. The third kappa shape index (κ3) is 7.60. The van der Waals surface area contributed by atoms with Crippen molar-refractivity contribution >= 4 is 35.5 Å². The normalized spacial score (nSPS) is 21.2. The summed E-state index contributed by atoms with van der Waals surface area (Å²) >= 11 is 6.05. The quantitative estimate of drug-likeness (QED) is 0.336. The Labute approximate surface area is 247 Å². The Kier molecular flexibility index (Phi) is 10.8. The number of carboxylic acids is 1. The minimum absolute atomic E-state index is 0.0200. The molecule has 1 aliphatic heterocycles. The van der Waals surface area contributed by atoms with E-state index in [9.17, 15) is 18.8 Å². The first-order chi connectivity index (χ1) is 19.4. The standard InChI is InChI=1S/C28H32ClFN2O2.C4H9NO2/c1-5-24(19-8-6-18(17-33)7-9-19)32-26(34)25(20-10-11-23(30)22(29)16-20)31-28(32)14-12-21(13-15-28)27(2,3)4;1-5-3-2-4(6)7/h6-11,16-17,21,24H,5,12-15H2,1-4H3;5H,2-3H2,1H3,(H,6,7). The predicted molar refractivity (Wildman–Crippen MR) is 160 cm³/mol. The first-order valence-corrected chi connectivity index (χ1v) is 14.5. The Bertz CT molecular complexity index is 1260. The number of nitrogens with zero attached hydrogens (tertiary/aromatic N) is 2. The van der Waals surface area contributed by atoms with E-state index in [1.165, 1.54) is 12.1 Å². The zero-order valence-electron chi connectivity index (χ0n) is 24.5. The van der Waals surface area contributed by atoms with Gasteiger partial charge in [0.1, 0.15) is 23.5 Å². The number of carboxylic acid groups (broad SMARTS) is 1. The van der Waals surface area contributed by atoms with Crippen molar-refractivity contribution in [2.45, 2.75) is 77.9 Å². The Balaban J connectivity index is 0.000000587. The number of rotatable bonds is 8. The number of benzene rings is 2. The first kappa shape index (κ1) is 32.4. The van der Waals surface area contributed by atoms with Gasteiger partial charge in [0, 0.05) is 17.7 Å². The summed E-state index contributed by atoms with van der Waals surface area (Å²) in [5, 5.41) is 10.7. The SMILES string of the molecule is CCC(c1ccc(C=O)cc1)N1C(=O)C(c2ccc(F)c(Cl)c2)=NC12CCC(C(C)(C)C)CC2.CNCCC(=O)O. The highest BCUT2D eigenvalue weighted by Crippen LogP contribution is 2.49. The van der Waals surface area contributed by atoms with E-state index in [1.807, 2.05) is 17.0 Å². The van der Waals surface area contributed by atoms with Crippen LogP contribution in [0, 0.1) is 17.2 Å². The van der Waals surface area contributed by atoms with E-state index in [0.29, 0.717) is 35.7 Å². The molecule has 2 aliphatic rings. The average Bonchev–Trinajstić information content (AvgIpc) is 3.21. The fraction of sp³-hybridized carbons (Fsp3) is 0.500. The van der Waals surface area contributed by atoms with Gasteiger partial charge in [-0.2, -0.15) is 0 Å². The highest BCUT2D eigenvalue weighted by atomic mass is 35.5. The van der Waals surface area contributed by atoms with E-state index in [-0.39, 0.29) is 28.8 Å². The Morgan fingerprint density at radius 1 is 1.22 bits per heavy atom. The van der Waals surface area contributed by atoms with Gasteiger partial charge in [0.2, 0.25) is 0 Å². The topological polar surface area (TPSA) is 99.1 Å². The fourth-order valence-corrected chi connectivity index (χ4v) is 5.95. The Hall–Kier alpha value is -3.10. The van der Waals surface area contributed by atoms with Gasteiger partial charge < -0.3 is 15.3 Å². The van der Waals surface area contributed by atoms with E-state index in [1.54, 1.807) is 25.2 Å². The van der Waals surface area contributed by atoms with Gasteiger partial charge in [-0.25, -0.2) is 4.39 Å². The van der Waals surface area contributed by atoms with Crippen LogP contribution < -0.4 is 5.32 Å². The van der Waals surface area contributed by atoms with Crippen molar-refractivity contribution in [1.29, 1.82) is 0 Å². The van der Waals surface area contributed by atoms with Gasteiger partial charge >= 0.3 is 5.97 Å². The van der Waals surface area contributed by atoms with Gasteiger partial charge in [-0.05, 0) is 74.2 Å². The summed E-state index contributed by atoms with van der Waals surface area (Å²) in [5.74, 6) is -0.866. The van der Waals surface area contributed by atoms with Crippen LogP contribution in [0.25, 0.3) is 0 Å². The maximum absolute atomic E-state index is 14.0. The van der Waals surface area contributed by atoms with Crippen LogP contribution in [-0.4, -0.2) is 53.1 Å². The van der Waals surface area contributed by atoms with Crippen molar-refractivity contribution in [3.63, 3.8) is 0 Å². The lowest BCUT2D eigenvalue weighted by molar-refractivity contribution is -0.137. The Morgan fingerprint density at radius 2 is 1.85 bits per heavy atom. The summed E-state index contributed by atoms with van der Waals surface area (Å²) in [6.07, 6.45) is 5.26. The molecule has 222 valence electrons. The number of hydrogen-bond acceptors (Lipinski definition) is 5. The molecule has 4 rings (SSSR count). The summed E-state index contributed by atoms with van der Waals surface area (Å²) in [6.45, 7) is 9.42. The number of hydrogen-bond donors (Lipinski definition) is 2. The summed E-state index contributed by atoms with van der Waals surface area (Å²) < 4.78 is 13.8. The molecule has 1 amide bonds. The maximum atomic E-state index is 14.0. The number of nitrogens with one attached hydrogen (secondary N) is 1. The second kappa shape index (κ2) is 13.7. The molecular formula is C32H41ClFN3O4. The highest BCUT2D eigenvalue weighted by Gasteiger charge is 2.52. The molecule has 1 aliphatic carbocycles. The lowest BCUT2D eigenvalue weighted by atomic mass is 9.69. The number of aldehydes is 1. The molecule has 1 atom stereocenters. The smallest absolute Gasteiger partial charge is 0.304 e. The van der Waals surface area contributed by atoms with Crippen LogP contribution in [0.1, 0.15) is 93.7 Å². The van der Waals surface area contributed by atoms with Crippen LogP contribution in [0.5, 0.6) is 0 Å². The molecule has 1 fully saturated rings. The van der Waals surface area contributed by atoms with Gasteiger partial charge in [-0.15, -0.1) is 0 Å². The lowest BCUT2D eigenvalue weighted by Crippen LogP contribution is -2.51. The summed E-state index contributed by atoms with van der Waals surface area (Å²) in [7, 11) is 1.73. The van der Waals surface area contributed by atoms with E-state index in [0.717, 1.165) is 37.5 Å². The number of carbonyl (C=O) groups is 3. The number of halogens is 2. The van der Waals surface area contributed by atoms with Crippen molar-refractivity contribution in [1.82, 2.24) is 10.2 Å². The molecule has 2 aromatic carbocycles. The third-order valence-electron chi connectivity index (χ3n) is 8.14. The molecule has 0 aromatic heterocycles. The Morgan fingerprint density at radius 3 is 2.32 bits per heavy atom. The van der Waals surface area contributed by atoms with Gasteiger partial charge in [0.25, 0.3) is 5.91 Å². The van der Waals surface area contributed by atoms with Gasteiger partial charge in [0.15, 0.2) is 0 Å². The monoisotopic (exact) mass is 585 g/mol. The van der Waals surface area contributed by atoms with Crippen molar-refractivity contribution in [3.05, 3.63) is 70.0 Å². The molecular weight excluding hydrogens is 545 g/mol. The third-order valence-corrected chi connectivity index (χ3v) is 8.43. The van der Waals surface area contributed by atoms with Crippen LogP contribution in [0.3, 0.4) is 0 Å². The minimum Gasteiger partial charge on any atom is -0.481 e. The molecule has 7 nitrogen and oxygen atoms in total. The van der Waals surface area contributed by atoms with Crippen molar-refractivity contribution in [2.24, 2.45) is 16.3 Å². The van der Waals surface area contributed by atoms with Crippen molar-refractivity contribution in [2.75, 3.05) is 13.6 Å². The second-order valence-electron chi connectivity index (χ2n) is 11.8. The first-order valence-electron chi connectivity index (χ1n) is 14.2. The van der Waals surface area contributed by atoms with E-state index in [4.69, 9.17) is 21.7 Å². The molecule has 9 heteroatoms. The largest absolute Gasteiger partial charge is 0.481 e. The molecule has 0 saturated heterocycles. The van der Waals surface area contributed by atoms with E-state index >= 15 is 0 Å². The maximum Gasteiger partial charge on any atom is 0.304 e. The molecule has 1 spiro atoms. The molecule has 2 N–H and O–H groups in total. The van der Waals surface area contributed by atoms with E-state index in [2.05, 4.69) is 33.0 Å². The van der Waals surface area contributed by atoms with Gasteiger partial charge in [0.05, 0.1) is 17.5 Å². The molecule has 0 bridgehead atoms. The minimum atomic E-state index is -0.755. The van der Waals surface area contributed by atoms with E-state index < -0.39 is 17.4 Å². The summed E-state index contributed by atoms with van der Waals surface area (Å²) in [6, 6.07) is 11.6. The summed E-state index contributed by atoms with van der Waals surface area (Å²) in [5.41, 5.74) is 2.03. The molecule has 1 saturated carbocycles. The number of aliphatic carboxylic acids is 1. The van der Waals surface area contributed by atoms with Crippen LogP contribution >= 0.6 is 11.6 Å². The van der Waals surface area contributed by atoms with Gasteiger partial charge in [-0.1, -0.05) is 63.6 Å². The highest BCUT2D eigenvalue weighted by molar-refractivity contribution is 6.47. The molecule has 41 heavy (non-hydrogen) atoms. The number of amides is 1. The van der Waals surface area contributed by atoms with Crippen LogP contribution in [-0.2, 0) is 9.59 Å². The zero-order valence-corrected chi connectivity index (χ0v) is 25.3. The van der Waals surface area contributed by atoms with Crippen molar-refractivity contribution in [3.8, 4) is 0 Å². The second-order valence-corrected chi connectivity index (χ2v) is 12.3. The average molecular weight is 586 g/mol. The summed E-state index contributed by atoms with van der Waals surface area (Å²) in [4.78, 5) is 41.9. The van der Waals surface area contributed by atoms with Gasteiger partial charge in [-0.3, -0.25) is 19.4 Å². The van der Waals surface area contributed by atoms with Crippen molar-refractivity contribution < 1.29 is 23.9 Å². The number of aliphatic imine (C=N–C) groups is 1. The lowest BCUT2D eigenvalue weighted by Gasteiger charge is -2.47. The zero-order chi connectivity index (χ0) is 30.4. The predicted octanol–water partition coefficient (Wildman–Crippen LogP) is 6.69. The van der Waals surface area contributed by atoms with Crippen LogP contribution in [0.4, 0.5) is 4.39 Å². The molecule has 1 unspecified atom stereocenters. The van der Waals surface area contributed by atoms with Crippen LogP contribution in [0.2, 0.25) is 5.02 Å². The van der Waals surface area contributed by atoms with Crippen LogP contribution in [0.15, 0.2) is 47.5 Å². The molecule has 2 aromatic rings. The molecule has 0 radical (unpaired) electrons. The molecule has 1 heterocycles. The number of carbonyl (C=O) groups excluding carboxylic acids is 2.